The van der Waals surface area contributed by atoms with Gasteiger partial charge in [-0.2, -0.15) is 0 Å². The van der Waals surface area contributed by atoms with E-state index in [1.54, 1.807) is 44.3 Å². The molecule has 0 bridgehead atoms. The standard InChI is InChI=1S/C21H28N4O4/c1-6-28-21(27)15(2)20(25(5)11-10-24(3)4)29-17(14-26)12-16-13-23-19-18(16)8-7-9-22-19/h7-9,12-14H,6,10-11H2,1-5H3,(H,22,23)/b17-12-,20-15+. The van der Waals surface area contributed by atoms with Crippen LogP contribution in [0.4, 0.5) is 0 Å². The van der Waals surface area contributed by atoms with Crippen LogP contribution in [0.5, 0.6) is 0 Å². The van der Waals surface area contributed by atoms with Gasteiger partial charge in [0.1, 0.15) is 5.65 Å². The van der Waals surface area contributed by atoms with Gasteiger partial charge in [0, 0.05) is 43.5 Å². The fourth-order valence-electron chi connectivity index (χ4n) is 2.67. The van der Waals surface area contributed by atoms with Gasteiger partial charge in [-0.15, -0.1) is 0 Å². The van der Waals surface area contributed by atoms with E-state index >= 15 is 0 Å². The number of hydrogen-bond acceptors (Lipinski definition) is 7. The maximum atomic E-state index is 12.3. The highest BCUT2D eigenvalue weighted by Crippen LogP contribution is 2.21. The number of fused-ring (bicyclic) bond motifs is 1. The van der Waals surface area contributed by atoms with E-state index in [9.17, 15) is 9.59 Å². The van der Waals surface area contributed by atoms with E-state index in [1.165, 1.54) is 0 Å². The Morgan fingerprint density at radius 1 is 1.28 bits per heavy atom. The van der Waals surface area contributed by atoms with Crippen LogP contribution in [0.15, 0.2) is 41.7 Å². The predicted molar refractivity (Wildman–Crippen MR) is 112 cm³/mol. The molecule has 2 aromatic rings. The number of aldehydes is 1. The number of carbonyl (C=O) groups excluding carboxylic acids is 2. The maximum absolute atomic E-state index is 12.3. The van der Waals surface area contributed by atoms with Crippen molar-refractivity contribution in [3.8, 4) is 0 Å². The van der Waals surface area contributed by atoms with Crippen molar-refractivity contribution in [2.75, 3.05) is 40.8 Å². The van der Waals surface area contributed by atoms with Crippen LogP contribution in [-0.2, 0) is 19.1 Å². The number of aromatic amines is 1. The summed E-state index contributed by atoms with van der Waals surface area (Å²) in [5, 5.41) is 0.865. The molecule has 0 saturated carbocycles. The van der Waals surface area contributed by atoms with E-state index in [4.69, 9.17) is 9.47 Å². The Morgan fingerprint density at radius 3 is 2.69 bits per heavy atom. The van der Waals surface area contributed by atoms with Gasteiger partial charge in [0.25, 0.3) is 0 Å². The van der Waals surface area contributed by atoms with E-state index in [0.717, 1.165) is 17.5 Å². The van der Waals surface area contributed by atoms with Gasteiger partial charge in [-0.3, -0.25) is 4.79 Å². The first-order valence-corrected chi connectivity index (χ1v) is 9.38. The first kappa shape index (κ1) is 22.2. The lowest BCUT2D eigenvalue weighted by Gasteiger charge is -2.25. The minimum absolute atomic E-state index is 0.0742. The number of hydrogen-bond donors (Lipinski definition) is 1. The Kier molecular flexibility index (Phi) is 7.97. The molecule has 0 unspecified atom stereocenters. The van der Waals surface area contributed by atoms with Crippen molar-refractivity contribution >= 4 is 29.4 Å². The summed E-state index contributed by atoms with van der Waals surface area (Å²) in [6, 6.07) is 3.72. The summed E-state index contributed by atoms with van der Waals surface area (Å²) in [5.41, 5.74) is 1.77. The lowest BCUT2D eigenvalue weighted by Crippen LogP contribution is -2.31. The lowest BCUT2D eigenvalue weighted by molar-refractivity contribution is -0.139. The van der Waals surface area contributed by atoms with Gasteiger partial charge in [0.2, 0.25) is 5.88 Å². The number of allylic oxidation sites excluding steroid dienone is 1. The first-order chi connectivity index (χ1) is 13.9. The second-order valence-electron chi connectivity index (χ2n) is 6.79. The quantitative estimate of drug-likeness (QED) is 0.284. The molecule has 2 aromatic heterocycles. The van der Waals surface area contributed by atoms with E-state index < -0.39 is 5.97 Å². The second kappa shape index (κ2) is 10.4. The minimum Gasteiger partial charge on any atom is -0.462 e. The third-order valence-corrected chi connectivity index (χ3v) is 4.24. The molecule has 8 heteroatoms. The molecule has 0 aliphatic carbocycles. The van der Waals surface area contributed by atoms with Crippen LogP contribution >= 0.6 is 0 Å². The number of rotatable bonds is 10. The molecule has 2 heterocycles. The third kappa shape index (κ3) is 5.92. The molecule has 0 radical (unpaired) electrons. The molecule has 0 aliphatic heterocycles. The highest BCUT2D eigenvalue weighted by Gasteiger charge is 2.19. The van der Waals surface area contributed by atoms with Crippen molar-refractivity contribution < 1.29 is 19.1 Å². The van der Waals surface area contributed by atoms with Crippen molar-refractivity contribution in [1.29, 1.82) is 0 Å². The summed E-state index contributed by atoms with van der Waals surface area (Å²) in [4.78, 5) is 35.1. The van der Waals surface area contributed by atoms with Crippen LogP contribution in [0.2, 0.25) is 0 Å². The average molecular weight is 400 g/mol. The number of esters is 1. The fourth-order valence-corrected chi connectivity index (χ4v) is 2.67. The van der Waals surface area contributed by atoms with E-state index in [2.05, 4.69) is 9.97 Å². The van der Waals surface area contributed by atoms with Gasteiger partial charge in [-0.1, -0.05) is 0 Å². The van der Waals surface area contributed by atoms with E-state index in [1.807, 2.05) is 31.1 Å². The minimum atomic E-state index is -0.485. The molecule has 1 N–H and O–H groups in total. The van der Waals surface area contributed by atoms with Crippen molar-refractivity contribution in [3.05, 3.63) is 47.3 Å². The third-order valence-electron chi connectivity index (χ3n) is 4.24. The molecule has 0 aliphatic rings. The number of carbonyl (C=O) groups is 2. The molecule has 0 saturated heterocycles. The summed E-state index contributed by atoms with van der Waals surface area (Å²) in [6.07, 6.45) is 5.67. The van der Waals surface area contributed by atoms with Crippen molar-refractivity contribution in [2.45, 2.75) is 13.8 Å². The zero-order valence-corrected chi connectivity index (χ0v) is 17.6. The van der Waals surface area contributed by atoms with Gasteiger partial charge < -0.3 is 24.3 Å². The summed E-state index contributed by atoms with van der Waals surface area (Å²) in [5.74, 6) is -0.132. The molecule has 0 amide bonds. The smallest absolute Gasteiger partial charge is 0.339 e. The van der Waals surface area contributed by atoms with Crippen LogP contribution in [0, 0.1) is 0 Å². The van der Waals surface area contributed by atoms with Crippen LogP contribution in [-0.4, -0.2) is 72.9 Å². The van der Waals surface area contributed by atoms with Crippen LogP contribution in [0.25, 0.3) is 17.1 Å². The zero-order valence-electron chi connectivity index (χ0n) is 17.6. The highest BCUT2D eigenvalue weighted by molar-refractivity contribution is 5.91. The Hall–Kier alpha value is -3.13. The Bertz CT molecular complexity index is 914. The van der Waals surface area contributed by atoms with Gasteiger partial charge in [0.15, 0.2) is 12.0 Å². The lowest BCUT2D eigenvalue weighted by atomic mass is 10.2. The number of nitrogens with one attached hydrogen (secondary N) is 1. The van der Waals surface area contributed by atoms with Crippen molar-refractivity contribution in [2.24, 2.45) is 0 Å². The first-order valence-electron chi connectivity index (χ1n) is 9.38. The summed E-state index contributed by atoms with van der Waals surface area (Å²) < 4.78 is 11.0. The summed E-state index contributed by atoms with van der Waals surface area (Å²) in [7, 11) is 5.72. The van der Waals surface area contributed by atoms with Gasteiger partial charge in [-0.25, -0.2) is 9.78 Å². The van der Waals surface area contributed by atoms with Gasteiger partial charge in [-0.05, 0) is 46.2 Å². The fraction of sp³-hybridized carbons (Fsp3) is 0.381. The molecular formula is C21H28N4O4. The molecule has 0 spiro atoms. The summed E-state index contributed by atoms with van der Waals surface area (Å²) >= 11 is 0. The van der Waals surface area contributed by atoms with Crippen LogP contribution in [0.1, 0.15) is 19.4 Å². The molecule has 0 aromatic carbocycles. The predicted octanol–water partition coefficient (Wildman–Crippen LogP) is 2.41. The number of H-pyrrole nitrogens is 1. The normalized spacial score (nSPS) is 12.7. The highest BCUT2D eigenvalue weighted by atomic mass is 16.5. The van der Waals surface area contributed by atoms with Crippen molar-refractivity contribution in [1.82, 2.24) is 19.8 Å². The van der Waals surface area contributed by atoms with E-state index in [-0.39, 0.29) is 18.2 Å². The molecule has 2 rings (SSSR count). The SMILES string of the molecule is CCOC(=O)/C(C)=C(/O/C(C=O)=C\c1c[nH]c2ncccc12)N(C)CCN(C)C. The van der Waals surface area contributed by atoms with Gasteiger partial charge in [0.05, 0.1) is 12.2 Å². The Labute approximate surface area is 170 Å². The molecule has 0 atom stereocenters. The van der Waals surface area contributed by atoms with Gasteiger partial charge >= 0.3 is 5.97 Å². The number of ether oxygens (including phenoxy) is 2. The van der Waals surface area contributed by atoms with Crippen LogP contribution < -0.4 is 0 Å². The Balaban J connectivity index is 2.37. The molecule has 29 heavy (non-hydrogen) atoms. The molecular weight excluding hydrogens is 372 g/mol. The number of likely N-dealkylation sites (N-methyl/N-ethyl adjacent to an activating group) is 2. The maximum Gasteiger partial charge on any atom is 0.339 e. The number of nitrogens with zero attached hydrogens (tertiary/aromatic N) is 3. The van der Waals surface area contributed by atoms with E-state index in [0.29, 0.717) is 24.1 Å². The molecule has 156 valence electrons. The second-order valence-corrected chi connectivity index (χ2v) is 6.79. The Morgan fingerprint density at radius 2 is 2.03 bits per heavy atom. The van der Waals surface area contributed by atoms with Crippen molar-refractivity contribution in [3.63, 3.8) is 0 Å². The zero-order chi connectivity index (χ0) is 21.4. The molecule has 0 fully saturated rings. The molecule has 8 nitrogen and oxygen atoms in total. The largest absolute Gasteiger partial charge is 0.462 e. The number of aromatic nitrogens is 2. The monoisotopic (exact) mass is 400 g/mol. The average Bonchev–Trinajstić information content (AvgIpc) is 3.11. The number of pyridine rings is 1. The summed E-state index contributed by atoms with van der Waals surface area (Å²) in [6.45, 7) is 4.96. The topological polar surface area (TPSA) is 87.8 Å². The van der Waals surface area contributed by atoms with Crippen LogP contribution in [0.3, 0.4) is 0 Å².